The van der Waals surface area contributed by atoms with Crippen molar-refractivity contribution in [2.24, 2.45) is 10.9 Å². The van der Waals surface area contributed by atoms with Gasteiger partial charge in [-0.1, -0.05) is 48.9 Å². The van der Waals surface area contributed by atoms with Crippen LogP contribution in [0.1, 0.15) is 32.1 Å². The van der Waals surface area contributed by atoms with Crippen LogP contribution in [0.15, 0.2) is 17.6 Å². The van der Waals surface area contributed by atoms with Gasteiger partial charge in [0.1, 0.15) is 4.38 Å². The van der Waals surface area contributed by atoms with Crippen LogP contribution in [-0.4, -0.2) is 21.9 Å². The fraction of sp³-hybridized carbons (Fsp3) is 0.750. The average Bonchev–Trinajstić information content (AvgIpc) is 2.80. The van der Waals surface area contributed by atoms with Crippen molar-refractivity contribution in [2.75, 3.05) is 12.3 Å². The fourth-order valence-corrected chi connectivity index (χ4v) is 4.66. The molecule has 2 aliphatic rings. The maximum atomic E-state index is 4.51. The van der Waals surface area contributed by atoms with Crippen LogP contribution in [0, 0.1) is 5.92 Å². The zero-order chi connectivity index (χ0) is 10.5. The van der Waals surface area contributed by atoms with Crippen LogP contribution in [0.5, 0.6) is 0 Å². The van der Waals surface area contributed by atoms with E-state index in [4.69, 9.17) is 0 Å². The molecule has 0 aromatic heterocycles. The topological polar surface area (TPSA) is 12.4 Å². The molecule has 1 nitrogen and oxygen atoms in total. The fourth-order valence-electron chi connectivity index (χ4n) is 2.30. The molecule has 1 fully saturated rings. The highest BCUT2D eigenvalue weighted by atomic mass is 32.2. The third-order valence-corrected chi connectivity index (χ3v) is 5.73. The summed E-state index contributed by atoms with van der Waals surface area (Å²) in [6.07, 6.45) is 9.18. The zero-order valence-corrected chi connectivity index (χ0v) is 10.8. The van der Waals surface area contributed by atoms with Gasteiger partial charge in [-0.2, -0.15) is 0 Å². The normalized spacial score (nSPS) is 24.9. The zero-order valence-electron chi connectivity index (χ0n) is 9.15. The molecule has 0 N–H and O–H groups in total. The summed E-state index contributed by atoms with van der Waals surface area (Å²) in [6, 6.07) is 0. The highest BCUT2D eigenvalue weighted by molar-refractivity contribution is 8.39. The molecule has 0 saturated heterocycles. The van der Waals surface area contributed by atoms with Gasteiger partial charge in [0.05, 0.1) is 6.54 Å². The number of rotatable bonds is 3. The van der Waals surface area contributed by atoms with Crippen LogP contribution in [-0.2, 0) is 0 Å². The quantitative estimate of drug-likeness (QED) is 0.693. The number of nitrogens with zero attached hydrogens (tertiary/aromatic N) is 1. The van der Waals surface area contributed by atoms with Crippen LogP contribution in [0.2, 0.25) is 0 Å². The van der Waals surface area contributed by atoms with Gasteiger partial charge in [0.15, 0.2) is 0 Å². The van der Waals surface area contributed by atoms with Crippen LogP contribution >= 0.6 is 23.5 Å². The highest BCUT2D eigenvalue weighted by Crippen LogP contribution is 2.36. The van der Waals surface area contributed by atoms with E-state index in [0.29, 0.717) is 5.25 Å². The number of thioether (sulfide) groups is 2. The molecule has 0 bridgehead atoms. The molecule has 2 rings (SSSR count). The maximum absolute atomic E-state index is 4.51. The van der Waals surface area contributed by atoms with Gasteiger partial charge < -0.3 is 0 Å². The second kappa shape index (κ2) is 6.00. The molecule has 84 valence electrons. The Morgan fingerprint density at radius 2 is 2.20 bits per heavy atom. The lowest BCUT2D eigenvalue weighted by Gasteiger charge is -2.27. The van der Waals surface area contributed by atoms with Crippen LogP contribution in [0.25, 0.3) is 0 Å². The molecule has 1 heterocycles. The Balaban J connectivity index is 1.87. The molecule has 1 saturated carbocycles. The van der Waals surface area contributed by atoms with Crippen LogP contribution in [0.3, 0.4) is 0 Å². The van der Waals surface area contributed by atoms with Crippen molar-refractivity contribution in [1.29, 1.82) is 0 Å². The average molecular weight is 241 g/mol. The third-order valence-electron chi connectivity index (χ3n) is 3.14. The molecular weight excluding hydrogens is 222 g/mol. The van der Waals surface area contributed by atoms with Crippen molar-refractivity contribution in [3.63, 3.8) is 0 Å². The lowest BCUT2D eigenvalue weighted by atomic mass is 9.87. The summed E-state index contributed by atoms with van der Waals surface area (Å²) in [7, 11) is 0. The highest BCUT2D eigenvalue weighted by Gasteiger charge is 2.24. The van der Waals surface area contributed by atoms with Crippen molar-refractivity contribution >= 4 is 27.9 Å². The second-order valence-electron chi connectivity index (χ2n) is 4.21. The Labute approximate surface area is 101 Å². The summed E-state index contributed by atoms with van der Waals surface area (Å²) < 4.78 is 1.30. The van der Waals surface area contributed by atoms with E-state index in [1.165, 1.54) is 42.2 Å². The molecule has 1 unspecified atom stereocenters. The van der Waals surface area contributed by atoms with E-state index in [1.54, 1.807) is 0 Å². The van der Waals surface area contributed by atoms with Crippen molar-refractivity contribution in [1.82, 2.24) is 0 Å². The molecule has 0 amide bonds. The van der Waals surface area contributed by atoms with E-state index in [0.717, 1.165) is 12.5 Å². The van der Waals surface area contributed by atoms with E-state index >= 15 is 0 Å². The lowest BCUT2D eigenvalue weighted by molar-refractivity contribution is 0.368. The van der Waals surface area contributed by atoms with Gasteiger partial charge in [-0.3, -0.25) is 4.99 Å². The van der Waals surface area contributed by atoms with Crippen molar-refractivity contribution in [3.05, 3.63) is 12.7 Å². The standard InChI is InChI=1S/C12H19NS2/c1-2-11(10-6-4-3-5-7-10)15-12-13-8-9-14-12/h2,10-11H,1,3-9H2. The lowest BCUT2D eigenvalue weighted by Crippen LogP contribution is -2.19. The Bertz CT molecular complexity index is 244. The first-order valence-electron chi connectivity index (χ1n) is 5.86. The molecule has 0 radical (unpaired) electrons. The molecule has 1 aliphatic carbocycles. The Morgan fingerprint density at radius 3 is 2.80 bits per heavy atom. The van der Waals surface area contributed by atoms with Crippen molar-refractivity contribution in [3.8, 4) is 0 Å². The Kier molecular flexibility index (Phi) is 4.63. The molecule has 1 atom stereocenters. The smallest absolute Gasteiger partial charge is 0.125 e. The van der Waals surface area contributed by atoms with Gasteiger partial charge in [-0.05, 0) is 18.8 Å². The third kappa shape index (κ3) is 3.28. The van der Waals surface area contributed by atoms with Crippen molar-refractivity contribution in [2.45, 2.75) is 37.4 Å². The number of hydrogen-bond acceptors (Lipinski definition) is 3. The van der Waals surface area contributed by atoms with E-state index in [-0.39, 0.29) is 0 Å². The van der Waals surface area contributed by atoms with Gasteiger partial charge in [0.25, 0.3) is 0 Å². The minimum Gasteiger partial charge on any atom is -0.271 e. The Morgan fingerprint density at radius 1 is 1.40 bits per heavy atom. The summed E-state index contributed by atoms with van der Waals surface area (Å²) >= 11 is 3.87. The minimum absolute atomic E-state index is 0.606. The van der Waals surface area contributed by atoms with E-state index in [9.17, 15) is 0 Å². The Hall–Kier alpha value is 0.110. The second-order valence-corrected chi connectivity index (χ2v) is 6.72. The molecule has 0 aromatic rings. The van der Waals surface area contributed by atoms with Crippen LogP contribution < -0.4 is 0 Å². The summed E-state index contributed by atoms with van der Waals surface area (Å²) in [4.78, 5) is 4.51. The number of hydrogen-bond donors (Lipinski definition) is 0. The summed E-state index contributed by atoms with van der Waals surface area (Å²) in [6.45, 7) is 5.01. The molecule has 1 aliphatic heterocycles. The SMILES string of the molecule is C=CC(SC1=NCCS1)C1CCCCC1. The van der Waals surface area contributed by atoms with Crippen molar-refractivity contribution < 1.29 is 0 Å². The largest absolute Gasteiger partial charge is 0.271 e. The summed E-state index contributed by atoms with van der Waals surface area (Å²) in [5, 5.41) is 0.606. The van der Waals surface area contributed by atoms with E-state index in [1.807, 2.05) is 23.5 Å². The van der Waals surface area contributed by atoms with E-state index < -0.39 is 0 Å². The first-order chi connectivity index (χ1) is 7.40. The van der Waals surface area contributed by atoms with E-state index in [2.05, 4.69) is 17.6 Å². The monoisotopic (exact) mass is 241 g/mol. The van der Waals surface area contributed by atoms with Gasteiger partial charge in [-0.15, -0.1) is 6.58 Å². The predicted molar refractivity (Wildman–Crippen MR) is 72.9 cm³/mol. The molecule has 15 heavy (non-hydrogen) atoms. The van der Waals surface area contributed by atoms with Gasteiger partial charge in [0, 0.05) is 11.0 Å². The number of aliphatic imine (C=N–C) groups is 1. The minimum atomic E-state index is 0.606. The molecule has 0 aromatic carbocycles. The first-order valence-corrected chi connectivity index (χ1v) is 7.73. The molecular formula is C12H19NS2. The first kappa shape index (κ1) is 11.6. The van der Waals surface area contributed by atoms with Gasteiger partial charge in [0.2, 0.25) is 0 Å². The maximum Gasteiger partial charge on any atom is 0.125 e. The summed E-state index contributed by atoms with van der Waals surface area (Å²) in [5.74, 6) is 2.03. The van der Waals surface area contributed by atoms with Crippen LogP contribution in [0.4, 0.5) is 0 Å². The summed E-state index contributed by atoms with van der Waals surface area (Å²) in [5.41, 5.74) is 0. The molecule has 3 heteroatoms. The van der Waals surface area contributed by atoms with Gasteiger partial charge in [-0.25, -0.2) is 0 Å². The molecule has 0 spiro atoms. The predicted octanol–water partition coefficient (Wildman–Crippen LogP) is 3.96. The van der Waals surface area contributed by atoms with Gasteiger partial charge >= 0.3 is 0 Å².